The third-order valence-corrected chi connectivity index (χ3v) is 2.23. The van der Waals surface area contributed by atoms with Gasteiger partial charge in [0.1, 0.15) is 6.04 Å². The van der Waals surface area contributed by atoms with Crippen LogP contribution >= 0.6 is 0 Å². The summed E-state index contributed by atoms with van der Waals surface area (Å²) in [5.74, 6) is -0.0708. The predicted molar refractivity (Wildman–Crippen MR) is 65.3 cm³/mol. The number of rotatable bonds is 5. The minimum Gasteiger partial charge on any atom is -0.370 e. The highest BCUT2D eigenvalue weighted by atomic mass is 16.1. The topological polar surface area (TPSA) is 81.5 Å². The lowest BCUT2D eigenvalue weighted by molar-refractivity contribution is 0.0958. The molecule has 0 heterocycles. The largest absolute Gasteiger partial charge is 0.370 e. The summed E-state index contributed by atoms with van der Waals surface area (Å²) in [5, 5.41) is 0. The molecule has 0 aliphatic carbocycles. The van der Waals surface area contributed by atoms with Gasteiger partial charge in [0.15, 0.2) is 11.7 Å². The molecule has 0 amide bonds. The second-order valence-electron chi connectivity index (χ2n) is 3.59. The average molecular weight is 219 g/mol. The van der Waals surface area contributed by atoms with E-state index in [-0.39, 0.29) is 11.7 Å². The smallest absolute Gasteiger partial charge is 0.187 e. The minimum atomic E-state index is -0.461. The van der Waals surface area contributed by atoms with E-state index in [1.165, 1.54) is 0 Å². The number of guanidine groups is 1. The fourth-order valence-electron chi connectivity index (χ4n) is 1.50. The van der Waals surface area contributed by atoms with Crippen molar-refractivity contribution in [1.29, 1.82) is 0 Å². The first-order valence-electron chi connectivity index (χ1n) is 5.33. The molecule has 0 radical (unpaired) electrons. The van der Waals surface area contributed by atoms with Gasteiger partial charge < -0.3 is 11.5 Å². The Balaban J connectivity index is 2.87. The molecule has 86 valence electrons. The summed E-state index contributed by atoms with van der Waals surface area (Å²) in [7, 11) is 0. The van der Waals surface area contributed by atoms with Crippen LogP contribution in [0.2, 0.25) is 0 Å². The van der Waals surface area contributed by atoms with Crippen molar-refractivity contribution in [3.05, 3.63) is 35.9 Å². The van der Waals surface area contributed by atoms with Gasteiger partial charge in [-0.25, -0.2) is 4.99 Å². The molecular weight excluding hydrogens is 202 g/mol. The molecule has 1 atom stereocenters. The third kappa shape index (κ3) is 3.38. The quantitative estimate of drug-likeness (QED) is 0.445. The zero-order chi connectivity index (χ0) is 12.0. The Hall–Kier alpha value is -1.84. The number of benzene rings is 1. The standard InChI is InChI=1S/C12H17N3O/c1-2-6-10(15-12(13)14)11(16)9-7-4-3-5-8-9/h3-5,7-8,10H,2,6H2,1H3,(H4,13,14,15). The number of hydrogen-bond donors (Lipinski definition) is 2. The van der Waals surface area contributed by atoms with E-state index >= 15 is 0 Å². The van der Waals surface area contributed by atoms with Crippen molar-refractivity contribution in [1.82, 2.24) is 0 Å². The van der Waals surface area contributed by atoms with Crippen molar-refractivity contribution < 1.29 is 4.79 Å². The number of hydrogen-bond acceptors (Lipinski definition) is 2. The van der Waals surface area contributed by atoms with Crippen LogP contribution in [0, 0.1) is 0 Å². The summed E-state index contributed by atoms with van der Waals surface area (Å²) < 4.78 is 0. The van der Waals surface area contributed by atoms with Gasteiger partial charge in [-0.15, -0.1) is 0 Å². The molecule has 0 spiro atoms. The van der Waals surface area contributed by atoms with Crippen LogP contribution in [0.1, 0.15) is 30.1 Å². The number of nitrogens with zero attached hydrogens (tertiary/aromatic N) is 1. The zero-order valence-corrected chi connectivity index (χ0v) is 9.39. The Kier molecular flexibility index (Phi) is 4.51. The molecule has 16 heavy (non-hydrogen) atoms. The van der Waals surface area contributed by atoms with Crippen LogP contribution < -0.4 is 11.5 Å². The highest BCUT2D eigenvalue weighted by molar-refractivity contribution is 6.01. The van der Waals surface area contributed by atoms with Crippen LogP contribution in [0.5, 0.6) is 0 Å². The maximum absolute atomic E-state index is 12.1. The lowest BCUT2D eigenvalue weighted by Gasteiger charge is -2.10. The van der Waals surface area contributed by atoms with E-state index in [9.17, 15) is 4.79 Å². The first-order valence-corrected chi connectivity index (χ1v) is 5.33. The molecule has 0 saturated carbocycles. The number of carbonyl (C=O) groups is 1. The van der Waals surface area contributed by atoms with Crippen LogP contribution in [-0.2, 0) is 0 Å². The van der Waals surface area contributed by atoms with E-state index < -0.39 is 6.04 Å². The Bertz CT molecular complexity index is 369. The number of Topliss-reactive ketones (excluding diaryl/α,β-unsaturated/α-hetero) is 1. The molecule has 0 bridgehead atoms. The SMILES string of the molecule is CCCC(N=C(N)N)C(=O)c1ccccc1. The maximum Gasteiger partial charge on any atom is 0.187 e. The Morgan fingerprint density at radius 3 is 2.44 bits per heavy atom. The second kappa shape index (κ2) is 5.90. The third-order valence-electron chi connectivity index (χ3n) is 2.23. The normalized spacial score (nSPS) is 11.8. The van der Waals surface area contributed by atoms with Crippen molar-refractivity contribution >= 4 is 11.7 Å². The average Bonchev–Trinajstić information content (AvgIpc) is 2.28. The van der Waals surface area contributed by atoms with Crippen molar-refractivity contribution in [2.75, 3.05) is 0 Å². The van der Waals surface area contributed by atoms with E-state index in [1.54, 1.807) is 12.1 Å². The number of ketones is 1. The Morgan fingerprint density at radius 1 is 1.31 bits per heavy atom. The van der Waals surface area contributed by atoms with E-state index in [1.807, 2.05) is 25.1 Å². The van der Waals surface area contributed by atoms with Crippen LogP contribution in [0.4, 0.5) is 0 Å². The number of carbonyl (C=O) groups excluding carboxylic acids is 1. The summed E-state index contributed by atoms with van der Waals surface area (Å²) in [4.78, 5) is 16.0. The fourth-order valence-corrected chi connectivity index (χ4v) is 1.50. The Morgan fingerprint density at radius 2 is 1.94 bits per heavy atom. The van der Waals surface area contributed by atoms with Gasteiger partial charge in [-0.3, -0.25) is 4.79 Å². The number of nitrogens with two attached hydrogens (primary N) is 2. The van der Waals surface area contributed by atoms with E-state index in [2.05, 4.69) is 4.99 Å². The van der Waals surface area contributed by atoms with E-state index in [4.69, 9.17) is 11.5 Å². The highest BCUT2D eigenvalue weighted by Gasteiger charge is 2.18. The summed E-state index contributed by atoms with van der Waals surface area (Å²) >= 11 is 0. The first kappa shape index (κ1) is 12.2. The Labute approximate surface area is 95.4 Å². The maximum atomic E-state index is 12.1. The van der Waals surface area contributed by atoms with Gasteiger partial charge in [0, 0.05) is 5.56 Å². The molecule has 1 aromatic rings. The molecule has 0 aliphatic heterocycles. The highest BCUT2D eigenvalue weighted by Crippen LogP contribution is 2.10. The van der Waals surface area contributed by atoms with E-state index in [0.717, 1.165) is 6.42 Å². The summed E-state index contributed by atoms with van der Waals surface area (Å²) in [5.41, 5.74) is 11.3. The van der Waals surface area contributed by atoms with Crippen LogP contribution in [0.25, 0.3) is 0 Å². The minimum absolute atomic E-state index is 0.0316. The second-order valence-corrected chi connectivity index (χ2v) is 3.59. The molecule has 4 nitrogen and oxygen atoms in total. The van der Waals surface area contributed by atoms with Crippen LogP contribution in [-0.4, -0.2) is 17.8 Å². The molecule has 1 rings (SSSR count). The van der Waals surface area contributed by atoms with Crippen LogP contribution in [0.15, 0.2) is 35.3 Å². The fraction of sp³-hybridized carbons (Fsp3) is 0.333. The molecule has 1 aromatic carbocycles. The van der Waals surface area contributed by atoms with Crippen molar-refractivity contribution in [3.8, 4) is 0 Å². The molecule has 0 aliphatic rings. The monoisotopic (exact) mass is 219 g/mol. The van der Waals surface area contributed by atoms with Gasteiger partial charge in [-0.05, 0) is 6.42 Å². The van der Waals surface area contributed by atoms with E-state index in [0.29, 0.717) is 12.0 Å². The summed E-state index contributed by atoms with van der Waals surface area (Å²) in [6.07, 6.45) is 1.52. The lowest BCUT2D eigenvalue weighted by atomic mass is 10.0. The predicted octanol–water partition coefficient (Wildman–Crippen LogP) is 1.31. The molecule has 0 saturated heterocycles. The zero-order valence-electron chi connectivity index (χ0n) is 9.39. The van der Waals surface area contributed by atoms with Crippen LogP contribution in [0.3, 0.4) is 0 Å². The molecule has 0 fully saturated rings. The summed E-state index contributed by atoms with van der Waals surface area (Å²) in [6, 6.07) is 8.60. The van der Waals surface area contributed by atoms with Gasteiger partial charge in [0.2, 0.25) is 0 Å². The molecule has 4 heteroatoms. The van der Waals surface area contributed by atoms with Crippen molar-refractivity contribution in [2.45, 2.75) is 25.8 Å². The summed E-state index contributed by atoms with van der Waals surface area (Å²) in [6.45, 7) is 1.99. The molecule has 0 aromatic heterocycles. The first-order chi connectivity index (χ1) is 7.65. The lowest BCUT2D eigenvalue weighted by Crippen LogP contribution is -2.29. The molecule has 1 unspecified atom stereocenters. The molecule has 4 N–H and O–H groups in total. The van der Waals surface area contributed by atoms with Gasteiger partial charge in [0.25, 0.3) is 0 Å². The van der Waals surface area contributed by atoms with Gasteiger partial charge in [-0.2, -0.15) is 0 Å². The number of aliphatic imine (C=N–C) groups is 1. The van der Waals surface area contributed by atoms with Gasteiger partial charge in [0.05, 0.1) is 0 Å². The van der Waals surface area contributed by atoms with Gasteiger partial charge >= 0.3 is 0 Å². The molecular formula is C12H17N3O. The van der Waals surface area contributed by atoms with Gasteiger partial charge in [-0.1, -0.05) is 43.7 Å². The van der Waals surface area contributed by atoms with Crippen molar-refractivity contribution in [2.24, 2.45) is 16.5 Å². The van der Waals surface area contributed by atoms with Crippen molar-refractivity contribution in [3.63, 3.8) is 0 Å².